The predicted molar refractivity (Wildman–Crippen MR) is 338 cm³/mol. The van der Waals surface area contributed by atoms with Gasteiger partial charge in [0.2, 0.25) is 12.7 Å². The van der Waals surface area contributed by atoms with Gasteiger partial charge in [-0.3, -0.25) is 18.3 Å². The van der Waals surface area contributed by atoms with Crippen molar-refractivity contribution in [3.63, 3.8) is 0 Å². The Morgan fingerprint density at radius 3 is 0.667 bits per heavy atom. The predicted octanol–water partition coefficient (Wildman–Crippen LogP) is 10.8. The van der Waals surface area contributed by atoms with Crippen LogP contribution in [0.2, 0.25) is 13.1 Å². The van der Waals surface area contributed by atoms with E-state index in [1.807, 2.05) is 146 Å². The largest absolute Gasteiger partial charge is 0.355 e. The van der Waals surface area contributed by atoms with Gasteiger partial charge in [-0.2, -0.15) is 0 Å². The van der Waals surface area contributed by atoms with Gasteiger partial charge in [-0.1, -0.05) is 194 Å². The van der Waals surface area contributed by atoms with Crippen LogP contribution in [0.3, 0.4) is 0 Å². The zero-order chi connectivity index (χ0) is 57.0. The molecule has 0 amide bonds. The summed E-state index contributed by atoms with van der Waals surface area (Å²) in [6.07, 6.45) is -2.30. The molecule has 18 nitrogen and oxygen atoms in total. The molecule has 2 atom stereocenters. The molecule has 408 valence electrons. The Bertz CT molecular complexity index is 5160. The van der Waals surface area contributed by atoms with Crippen LogP contribution in [0, 0.1) is 0 Å². The van der Waals surface area contributed by atoms with Gasteiger partial charge in [0.1, 0.15) is 45.2 Å². The van der Waals surface area contributed by atoms with Gasteiger partial charge in [-0.15, -0.1) is 0 Å². The SMILES string of the molecule is C[Si](C)(OC1n2c3c4ccccc4c2/N=C2N=C(/N=c4/c5ccccc5/c(n41)=N/C1=NC(=N\3)/c3ccccc31)c1ccccc1\2)OC1n2c3c4ccccc4c2/N=C2N=C(/N=c4/c5ccccc5/c(n41)=N/C1=NC(=N\3)/c3ccccc31)c1ccccc1\2. The van der Waals surface area contributed by atoms with Crippen LogP contribution in [0.5, 0.6) is 0 Å². The number of nitrogens with zero attached hydrogens (tertiary/aromatic N) is 16. The minimum absolute atomic E-state index is 0.506. The maximum absolute atomic E-state index is 8.22. The molecule has 8 aliphatic heterocycles. The number of hydrogen-bond donors (Lipinski definition) is 0. The molecule has 0 saturated carbocycles. The van der Waals surface area contributed by atoms with Gasteiger partial charge >= 0.3 is 8.56 Å². The highest BCUT2D eigenvalue weighted by Crippen LogP contribution is 2.47. The number of rotatable bonds is 4. The fraction of sp³-hybridized carbons (Fsp3) is 0.0588. The second-order valence-electron chi connectivity index (χ2n) is 22.7. The van der Waals surface area contributed by atoms with Crippen molar-refractivity contribution < 1.29 is 8.85 Å². The van der Waals surface area contributed by atoms with Crippen molar-refractivity contribution in [1.29, 1.82) is 0 Å². The second kappa shape index (κ2) is 16.9. The van der Waals surface area contributed by atoms with Crippen molar-refractivity contribution >= 4 is 122 Å². The van der Waals surface area contributed by atoms with Gasteiger partial charge in [0.15, 0.2) is 46.7 Å². The van der Waals surface area contributed by atoms with Crippen molar-refractivity contribution in [2.45, 2.75) is 25.8 Å². The first-order chi connectivity index (χ1) is 42.9. The Morgan fingerprint density at radius 2 is 0.437 bits per heavy atom. The van der Waals surface area contributed by atoms with Crippen LogP contribution in [-0.4, -0.2) is 73.5 Å². The average Bonchev–Trinajstić information content (AvgIpc) is 1.63. The molecule has 12 heterocycles. The molecule has 12 bridgehead atoms. The number of hydrogen-bond acceptors (Lipinski definition) is 14. The Hall–Kier alpha value is -11.4. The highest BCUT2D eigenvalue weighted by Gasteiger charge is 2.43. The number of fused-ring (bicyclic) bond motifs is 28. The Labute approximate surface area is 492 Å². The number of aliphatic imine (C=N–C) groups is 8. The first kappa shape index (κ1) is 47.0. The normalized spacial score (nSPS) is 21.6. The molecule has 20 rings (SSSR count). The van der Waals surface area contributed by atoms with Crippen molar-refractivity contribution in [2.24, 2.45) is 59.9 Å². The van der Waals surface area contributed by atoms with E-state index in [2.05, 4.69) is 79.9 Å². The van der Waals surface area contributed by atoms with Gasteiger partial charge in [0.05, 0.1) is 0 Å². The van der Waals surface area contributed by atoms with Crippen LogP contribution in [0.1, 0.15) is 57.2 Å². The van der Waals surface area contributed by atoms with E-state index in [4.69, 9.17) is 68.8 Å². The van der Waals surface area contributed by atoms with Crippen LogP contribution in [-0.2, 0) is 8.85 Å². The smallest absolute Gasteiger partial charge is 0.337 e. The zero-order valence-corrected chi connectivity index (χ0v) is 47.1. The Kier molecular flexibility index (Phi) is 9.14. The average molecular weight is 1140 g/mol. The van der Waals surface area contributed by atoms with E-state index in [0.29, 0.717) is 91.9 Å². The van der Waals surface area contributed by atoms with Gasteiger partial charge in [-0.05, 0) is 13.1 Å². The lowest BCUT2D eigenvalue weighted by atomic mass is 10.1. The molecule has 87 heavy (non-hydrogen) atoms. The third-order valence-electron chi connectivity index (χ3n) is 17.3. The van der Waals surface area contributed by atoms with Crippen molar-refractivity contribution in [3.05, 3.63) is 261 Å². The first-order valence-corrected chi connectivity index (χ1v) is 31.5. The summed E-state index contributed by atoms with van der Waals surface area (Å²) in [6.45, 7) is 4.13. The van der Waals surface area contributed by atoms with Crippen LogP contribution in [0.25, 0.3) is 43.1 Å². The molecule has 0 spiro atoms. The monoisotopic (exact) mass is 1140 g/mol. The number of benzene rings is 8. The summed E-state index contributed by atoms with van der Waals surface area (Å²) in [4.78, 5) is 66.0. The van der Waals surface area contributed by atoms with E-state index in [0.717, 1.165) is 87.6 Å². The quantitative estimate of drug-likeness (QED) is 0.159. The zero-order valence-electron chi connectivity index (χ0n) is 46.1. The summed E-state index contributed by atoms with van der Waals surface area (Å²) >= 11 is 0. The molecule has 2 unspecified atom stereocenters. The van der Waals surface area contributed by atoms with Gasteiger partial charge in [0.25, 0.3) is 0 Å². The van der Waals surface area contributed by atoms with E-state index >= 15 is 0 Å². The van der Waals surface area contributed by atoms with Crippen LogP contribution in [0.4, 0.5) is 23.3 Å². The van der Waals surface area contributed by atoms with Crippen LogP contribution in [0.15, 0.2) is 254 Å². The number of aromatic nitrogens is 4. The van der Waals surface area contributed by atoms with E-state index < -0.39 is 21.3 Å². The summed E-state index contributed by atoms with van der Waals surface area (Å²) < 4.78 is 24.7. The molecule has 19 heteroatoms. The third kappa shape index (κ3) is 6.47. The summed E-state index contributed by atoms with van der Waals surface area (Å²) in [5.74, 6) is 6.28. The maximum atomic E-state index is 8.22. The van der Waals surface area contributed by atoms with Gasteiger partial charge in [-0.25, -0.2) is 59.9 Å². The van der Waals surface area contributed by atoms with E-state index in [1.54, 1.807) is 0 Å². The van der Waals surface area contributed by atoms with E-state index in [9.17, 15) is 0 Å². The molecule has 0 fully saturated rings. The molecule has 0 N–H and O–H groups in total. The Morgan fingerprint density at radius 1 is 0.241 bits per heavy atom. The lowest BCUT2D eigenvalue weighted by molar-refractivity contribution is 0.000114. The topological polar surface area (TPSA) is 187 Å². The molecule has 0 aliphatic carbocycles. The number of amidine groups is 8. The maximum Gasteiger partial charge on any atom is 0.337 e. The van der Waals surface area contributed by atoms with Gasteiger partial charge in [0, 0.05) is 87.6 Å². The summed E-state index contributed by atoms with van der Waals surface area (Å²) in [6, 6.07) is 65.2. The fourth-order valence-corrected chi connectivity index (χ4v) is 15.0. The third-order valence-corrected chi connectivity index (χ3v) is 18.9. The van der Waals surface area contributed by atoms with Crippen molar-refractivity contribution in [2.75, 3.05) is 0 Å². The highest BCUT2D eigenvalue weighted by molar-refractivity contribution is 6.64. The summed E-state index contributed by atoms with van der Waals surface area (Å²) in [7, 11) is -3.90. The molecule has 0 radical (unpaired) electrons. The molecule has 0 saturated heterocycles. The minimum atomic E-state index is -3.90. The Balaban J connectivity index is 0.911. The van der Waals surface area contributed by atoms with Crippen molar-refractivity contribution in [3.8, 4) is 0 Å². The van der Waals surface area contributed by atoms with Crippen LogP contribution < -0.4 is 22.0 Å². The molecule has 4 aromatic heterocycles. The second-order valence-corrected chi connectivity index (χ2v) is 25.9. The minimum Gasteiger partial charge on any atom is -0.355 e. The molecule has 8 aromatic carbocycles. The van der Waals surface area contributed by atoms with Crippen LogP contribution >= 0.6 is 0 Å². The van der Waals surface area contributed by atoms with Crippen molar-refractivity contribution in [1.82, 2.24) is 18.3 Å². The first-order valence-electron chi connectivity index (χ1n) is 28.7. The highest BCUT2D eigenvalue weighted by atomic mass is 28.4. The molecule has 12 aromatic rings. The molecular weight excluding hydrogens is 1100 g/mol. The summed E-state index contributed by atoms with van der Waals surface area (Å²) in [5.41, 5.74) is 9.02. The lowest BCUT2D eigenvalue weighted by Gasteiger charge is -2.35. The standard InChI is InChI=1S/C68H40N16O2Si/c1-87(2,85-67-81-59-43-27-11-12-28-44(43)61(81)75-53-37-21-5-6-22-38(37)54(70-53)76-62-46-30-14-13-29-45(46)60(82(62)67)74-52-36-20-4-3-19-35(36)51(69-52)73-59)86-68-83-63-47-31-15-16-32-48(47)65(83)79-57-41-25-9-10-26-42(41)58(72-57)80-66-50-34-18-17-33-49(50)64(84(66)68)78-56-40-24-8-7-23-39(40)55(71-56)77-63/h3-34,67-68H,1-2H3/b73-51-,73-59?,74-52?,74-60-,75-53-,75-61?,76-54?,76-62-,77-55-,77-63?,78-56?,78-64-,79-57-,79-65?,80-58?,80-66-. The molecular formula is C68H40N16O2Si. The lowest BCUT2D eigenvalue weighted by Crippen LogP contribution is -2.49. The molecule has 8 aliphatic rings. The van der Waals surface area contributed by atoms with E-state index in [1.165, 1.54) is 0 Å². The van der Waals surface area contributed by atoms with E-state index in [-0.39, 0.29) is 0 Å². The van der Waals surface area contributed by atoms with Gasteiger partial charge < -0.3 is 8.85 Å². The summed E-state index contributed by atoms with van der Waals surface area (Å²) in [5, 5.41) is 6.60. The fourth-order valence-electron chi connectivity index (χ4n) is 13.5.